The molecule has 1 saturated heterocycles. The van der Waals surface area contributed by atoms with Crippen LogP contribution in [0.15, 0.2) is 24.3 Å². The van der Waals surface area contributed by atoms with E-state index in [0.29, 0.717) is 30.2 Å². The van der Waals surface area contributed by atoms with Gasteiger partial charge in [0, 0.05) is 37.5 Å². The van der Waals surface area contributed by atoms with E-state index < -0.39 is 17.9 Å². The first-order valence-electron chi connectivity index (χ1n) is 8.84. The van der Waals surface area contributed by atoms with E-state index in [1.807, 2.05) is 0 Å². The molecule has 1 amide bonds. The zero-order valence-corrected chi connectivity index (χ0v) is 16.4. The molecule has 1 aliphatic rings. The molecule has 29 heavy (non-hydrogen) atoms. The number of nitrogens with zero attached hydrogens (tertiary/aromatic N) is 4. The van der Waals surface area contributed by atoms with Crippen LogP contribution in [-0.4, -0.2) is 49.7 Å². The maximum atomic E-state index is 13.1. The zero-order chi connectivity index (χ0) is 21.3. The largest absolute Gasteiger partial charge is 0.497 e. The molecule has 1 fully saturated rings. The Morgan fingerprint density at radius 1 is 1.10 bits per heavy atom. The molecule has 0 N–H and O–H groups in total. The van der Waals surface area contributed by atoms with Crippen molar-refractivity contribution in [1.82, 2.24) is 9.97 Å². The number of amides is 1. The van der Waals surface area contributed by atoms with Gasteiger partial charge < -0.3 is 19.3 Å². The minimum absolute atomic E-state index is 0.138. The van der Waals surface area contributed by atoms with E-state index in [2.05, 4.69) is 9.97 Å². The van der Waals surface area contributed by atoms with Gasteiger partial charge in [-0.3, -0.25) is 4.79 Å². The number of aryl methyl sites for hydroxylation is 1. The molecule has 10 heteroatoms. The lowest BCUT2D eigenvalue weighted by atomic mass is 10.2. The predicted molar refractivity (Wildman–Crippen MR) is 100 cm³/mol. The lowest BCUT2D eigenvalue weighted by molar-refractivity contribution is -0.141. The van der Waals surface area contributed by atoms with Crippen molar-refractivity contribution in [2.45, 2.75) is 25.6 Å². The first-order chi connectivity index (χ1) is 13.6. The summed E-state index contributed by atoms with van der Waals surface area (Å²) in [7, 11) is 4.54. The zero-order valence-electron chi connectivity index (χ0n) is 16.4. The van der Waals surface area contributed by atoms with Crippen LogP contribution < -0.4 is 19.3 Å². The molecule has 1 aromatic heterocycles. The molecule has 156 valence electrons. The molecular formula is C19H21F3N4O3. The second-order valence-electron chi connectivity index (χ2n) is 6.67. The Labute approximate surface area is 166 Å². The minimum Gasteiger partial charge on any atom is -0.497 e. The normalized spacial score (nSPS) is 16.9. The number of aromatic nitrogens is 2. The van der Waals surface area contributed by atoms with Crippen LogP contribution in [0.25, 0.3) is 0 Å². The fourth-order valence-corrected chi connectivity index (χ4v) is 3.22. The summed E-state index contributed by atoms with van der Waals surface area (Å²) in [4.78, 5) is 23.6. The Morgan fingerprint density at radius 3 is 2.28 bits per heavy atom. The number of likely N-dealkylation sites (N-methyl/N-ethyl adjacent to an activating group) is 1. The third kappa shape index (κ3) is 4.20. The molecule has 1 aromatic carbocycles. The van der Waals surface area contributed by atoms with Crippen molar-refractivity contribution < 1.29 is 27.4 Å². The standard InChI is InChI=1S/C19H21F3N4O3/c1-11-7-16(19(20,21)22)24-18(23-11)25(2)15-5-6-26(17(15)27)12-8-13(28-3)10-14(9-12)29-4/h7-10,15H,5-6H2,1-4H3. The SMILES string of the molecule is COc1cc(OC)cc(N2CCC(N(C)c3nc(C)cc(C(F)(F)F)n3)C2=O)c1. The maximum Gasteiger partial charge on any atom is 0.433 e. The molecule has 0 radical (unpaired) electrons. The lowest BCUT2D eigenvalue weighted by Crippen LogP contribution is -2.41. The van der Waals surface area contributed by atoms with Crippen molar-refractivity contribution in [3.05, 3.63) is 35.7 Å². The molecule has 2 heterocycles. The van der Waals surface area contributed by atoms with Gasteiger partial charge in [0.1, 0.15) is 23.2 Å². The summed E-state index contributed by atoms with van der Waals surface area (Å²) in [6, 6.07) is 5.28. The van der Waals surface area contributed by atoms with E-state index in [4.69, 9.17) is 9.47 Å². The molecule has 0 aliphatic carbocycles. The second kappa shape index (κ2) is 7.76. The minimum atomic E-state index is -4.59. The summed E-state index contributed by atoms with van der Waals surface area (Å²) in [5.74, 6) is 0.656. The van der Waals surface area contributed by atoms with Crippen molar-refractivity contribution >= 4 is 17.5 Å². The van der Waals surface area contributed by atoms with Crippen LogP contribution in [0.3, 0.4) is 0 Å². The van der Waals surface area contributed by atoms with Crippen LogP contribution in [-0.2, 0) is 11.0 Å². The summed E-state index contributed by atoms with van der Waals surface area (Å²) in [6.45, 7) is 1.85. The number of alkyl halides is 3. The summed E-state index contributed by atoms with van der Waals surface area (Å²) < 4.78 is 49.7. The van der Waals surface area contributed by atoms with Crippen molar-refractivity contribution in [3.63, 3.8) is 0 Å². The smallest absolute Gasteiger partial charge is 0.433 e. The van der Waals surface area contributed by atoms with E-state index in [9.17, 15) is 18.0 Å². The second-order valence-corrected chi connectivity index (χ2v) is 6.67. The number of halogens is 3. The highest BCUT2D eigenvalue weighted by atomic mass is 19.4. The Bertz CT molecular complexity index is 898. The number of anilines is 2. The van der Waals surface area contributed by atoms with Crippen LogP contribution in [0.5, 0.6) is 11.5 Å². The molecule has 1 atom stereocenters. The monoisotopic (exact) mass is 410 g/mol. The fourth-order valence-electron chi connectivity index (χ4n) is 3.22. The van der Waals surface area contributed by atoms with Gasteiger partial charge in [-0.25, -0.2) is 9.97 Å². The van der Waals surface area contributed by atoms with Crippen LogP contribution in [0, 0.1) is 6.92 Å². The summed E-state index contributed by atoms with van der Waals surface area (Å²) in [5.41, 5.74) is -0.274. The van der Waals surface area contributed by atoms with Crippen LogP contribution in [0.2, 0.25) is 0 Å². The van der Waals surface area contributed by atoms with E-state index >= 15 is 0 Å². The first kappa shape index (κ1) is 20.7. The molecule has 1 aliphatic heterocycles. The molecular weight excluding hydrogens is 389 g/mol. The highest BCUT2D eigenvalue weighted by Gasteiger charge is 2.38. The average Bonchev–Trinajstić information content (AvgIpc) is 3.07. The molecule has 0 saturated carbocycles. The number of rotatable bonds is 5. The maximum absolute atomic E-state index is 13.1. The van der Waals surface area contributed by atoms with Gasteiger partial charge in [0.25, 0.3) is 0 Å². The summed E-state index contributed by atoms with van der Waals surface area (Å²) in [5, 5.41) is 0. The van der Waals surface area contributed by atoms with Crippen molar-refractivity contribution in [3.8, 4) is 11.5 Å². The van der Waals surface area contributed by atoms with E-state index in [1.165, 1.54) is 33.1 Å². The van der Waals surface area contributed by atoms with Crippen LogP contribution >= 0.6 is 0 Å². The molecule has 1 unspecified atom stereocenters. The Kier molecular flexibility index (Phi) is 5.54. The van der Waals surface area contributed by atoms with E-state index in [0.717, 1.165) is 6.07 Å². The van der Waals surface area contributed by atoms with Gasteiger partial charge >= 0.3 is 6.18 Å². The molecule has 0 bridgehead atoms. The quantitative estimate of drug-likeness (QED) is 0.755. The van der Waals surface area contributed by atoms with Crippen molar-refractivity contribution in [2.75, 3.05) is 37.6 Å². The number of carbonyl (C=O) groups is 1. The number of benzene rings is 1. The Hall–Kier alpha value is -3.04. The van der Waals surface area contributed by atoms with E-state index in [1.54, 1.807) is 23.1 Å². The van der Waals surface area contributed by atoms with Crippen LogP contribution in [0.1, 0.15) is 17.8 Å². The van der Waals surface area contributed by atoms with Gasteiger partial charge in [-0.05, 0) is 19.4 Å². The van der Waals surface area contributed by atoms with Gasteiger partial charge in [0.2, 0.25) is 11.9 Å². The molecule has 7 nitrogen and oxygen atoms in total. The van der Waals surface area contributed by atoms with Gasteiger partial charge in [0.05, 0.1) is 19.9 Å². The number of hydrogen-bond donors (Lipinski definition) is 0. The highest BCUT2D eigenvalue weighted by molar-refractivity contribution is 6.01. The number of hydrogen-bond acceptors (Lipinski definition) is 6. The van der Waals surface area contributed by atoms with E-state index in [-0.39, 0.29) is 17.5 Å². The summed E-state index contributed by atoms with van der Waals surface area (Å²) >= 11 is 0. The topological polar surface area (TPSA) is 67.8 Å². The fraction of sp³-hybridized carbons (Fsp3) is 0.421. The van der Waals surface area contributed by atoms with Gasteiger partial charge in [0.15, 0.2) is 0 Å². The third-order valence-corrected chi connectivity index (χ3v) is 4.74. The molecule has 2 aromatic rings. The number of ether oxygens (including phenoxy) is 2. The Balaban J connectivity index is 1.88. The highest BCUT2D eigenvalue weighted by Crippen LogP contribution is 2.33. The number of methoxy groups -OCH3 is 2. The van der Waals surface area contributed by atoms with Crippen LogP contribution in [0.4, 0.5) is 24.8 Å². The molecule has 0 spiro atoms. The lowest BCUT2D eigenvalue weighted by Gasteiger charge is -2.25. The Morgan fingerprint density at radius 2 is 1.72 bits per heavy atom. The van der Waals surface area contributed by atoms with Gasteiger partial charge in [-0.2, -0.15) is 13.2 Å². The molecule has 3 rings (SSSR count). The first-order valence-corrected chi connectivity index (χ1v) is 8.84. The summed E-state index contributed by atoms with van der Waals surface area (Å²) in [6.07, 6.45) is -4.18. The number of carbonyl (C=O) groups excluding carboxylic acids is 1. The van der Waals surface area contributed by atoms with Gasteiger partial charge in [-0.15, -0.1) is 0 Å². The van der Waals surface area contributed by atoms with Crippen molar-refractivity contribution in [1.29, 1.82) is 0 Å². The van der Waals surface area contributed by atoms with Crippen molar-refractivity contribution in [2.24, 2.45) is 0 Å². The predicted octanol–water partition coefficient (Wildman–Crippen LogP) is 3.06. The van der Waals surface area contributed by atoms with Gasteiger partial charge in [-0.1, -0.05) is 0 Å². The average molecular weight is 410 g/mol. The third-order valence-electron chi connectivity index (χ3n) is 4.74.